The Hall–Kier alpha value is -1.95. The van der Waals surface area contributed by atoms with Gasteiger partial charge in [0.15, 0.2) is 5.96 Å². The first-order chi connectivity index (χ1) is 11.6. The molecule has 1 heterocycles. The average molecular weight is 348 g/mol. The molecule has 0 aliphatic carbocycles. The third-order valence-corrected chi connectivity index (χ3v) is 4.65. The minimum absolute atomic E-state index is 0.162. The van der Waals surface area contributed by atoms with Crippen molar-refractivity contribution in [2.45, 2.75) is 39.7 Å². The van der Waals surface area contributed by atoms with Gasteiger partial charge < -0.3 is 10.6 Å². The number of aliphatic imine (C=N–C) groups is 1. The van der Waals surface area contributed by atoms with E-state index in [9.17, 15) is 4.39 Å². The molecule has 0 amide bonds. The number of aromatic nitrogens is 1. The molecule has 0 aliphatic heterocycles. The largest absolute Gasteiger partial charge is 0.357 e. The quantitative estimate of drug-likeness (QED) is 0.592. The third kappa shape index (κ3) is 5.60. The highest BCUT2D eigenvalue weighted by atomic mass is 32.1. The van der Waals surface area contributed by atoms with Crippen LogP contribution in [0.2, 0.25) is 0 Å². The fourth-order valence-electron chi connectivity index (χ4n) is 2.18. The van der Waals surface area contributed by atoms with Crippen molar-refractivity contribution in [2.75, 3.05) is 13.1 Å². The fraction of sp³-hybridized carbons (Fsp3) is 0.444. The second-order valence-corrected chi connectivity index (χ2v) is 6.68. The van der Waals surface area contributed by atoms with E-state index in [0.717, 1.165) is 23.2 Å². The van der Waals surface area contributed by atoms with Crippen molar-refractivity contribution in [1.29, 1.82) is 0 Å². The van der Waals surface area contributed by atoms with Gasteiger partial charge in [-0.2, -0.15) is 0 Å². The second-order valence-electron chi connectivity index (χ2n) is 5.80. The summed E-state index contributed by atoms with van der Waals surface area (Å²) in [5, 5.41) is 9.64. The standard InChI is InChI=1S/C18H25FN4S/c1-4-20-18(21-10-9-14-7-5-6-8-16(14)19)22-11-15-12-24-17(23-15)13(2)3/h5-8,12-13H,4,9-11H2,1-3H3,(H2,20,21,22). The summed E-state index contributed by atoms with van der Waals surface area (Å²) in [6, 6.07) is 6.86. The summed E-state index contributed by atoms with van der Waals surface area (Å²) in [5.74, 6) is 1.01. The molecular formula is C18H25FN4S. The van der Waals surface area contributed by atoms with Gasteiger partial charge in [-0.15, -0.1) is 11.3 Å². The molecule has 24 heavy (non-hydrogen) atoms. The van der Waals surface area contributed by atoms with E-state index >= 15 is 0 Å². The van der Waals surface area contributed by atoms with Crippen LogP contribution in [0.4, 0.5) is 4.39 Å². The Morgan fingerprint density at radius 2 is 2.08 bits per heavy atom. The predicted octanol–water partition coefficient (Wildman–Crippen LogP) is 3.70. The van der Waals surface area contributed by atoms with Crippen molar-refractivity contribution in [3.63, 3.8) is 0 Å². The number of thiazole rings is 1. The minimum atomic E-state index is -0.162. The number of guanidine groups is 1. The van der Waals surface area contributed by atoms with Crippen LogP contribution in [0.15, 0.2) is 34.6 Å². The van der Waals surface area contributed by atoms with Crippen LogP contribution in [-0.2, 0) is 13.0 Å². The van der Waals surface area contributed by atoms with Crippen LogP contribution < -0.4 is 10.6 Å². The number of hydrogen-bond donors (Lipinski definition) is 2. The Labute approximate surface area is 147 Å². The van der Waals surface area contributed by atoms with Crippen molar-refractivity contribution in [3.8, 4) is 0 Å². The summed E-state index contributed by atoms with van der Waals surface area (Å²) >= 11 is 1.68. The lowest BCUT2D eigenvalue weighted by Crippen LogP contribution is -2.38. The Morgan fingerprint density at radius 1 is 1.29 bits per heavy atom. The number of nitrogens with one attached hydrogen (secondary N) is 2. The van der Waals surface area contributed by atoms with Crippen LogP contribution in [0, 0.1) is 5.82 Å². The molecule has 1 aromatic carbocycles. The maximum atomic E-state index is 13.6. The molecular weight excluding hydrogens is 323 g/mol. The molecule has 130 valence electrons. The molecule has 0 unspecified atom stereocenters. The molecule has 2 rings (SSSR count). The van der Waals surface area contributed by atoms with E-state index in [2.05, 4.69) is 39.8 Å². The highest BCUT2D eigenvalue weighted by molar-refractivity contribution is 7.09. The molecule has 0 aliphatic rings. The van der Waals surface area contributed by atoms with Gasteiger partial charge in [0.25, 0.3) is 0 Å². The van der Waals surface area contributed by atoms with Crippen molar-refractivity contribution in [2.24, 2.45) is 4.99 Å². The number of benzene rings is 1. The molecule has 0 bridgehead atoms. The van der Waals surface area contributed by atoms with Gasteiger partial charge in [0.05, 0.1) is 17.2 Å². The van der Waals surface area contributed by atoms with Gasteiger partial charge in [0, 0.05) is 24.4 Å². The van der Waals surface area contributed by atoms with Crippen molar-refractivity contribution < 1.29 is 4.39 Å². The Morgan fingerprint density at radius 3 is 2.75 bits per heavy atom. The zero-order valence-electron chi connectivity index (χ0n) is 14.5. The fourth-order valence-corrected chi connectivity index (χ4v) is 3.01. The molecule has 0 spiro atoms. The molecule has 0 saturated carbocycles. The average Bonchev–Trinajstić information content (AvgIpc) is 3.03. The molecule has 2 N–H and O–H groups in total. The van der Waals surface area contributed by atoms with Crippen molar-refractivity contribution in [1.82, 2.24) is 15.6 Å². The summed E-state index contributed by atoms with van der Waals surface area (Å²) in [6.07, 6.45) is 0.616. The molecule has 4 nitrogen and oxygen atoms in total. The topological polar surface area (TPSA) is 49.3 Å². The first-order valence-electron chi connectivity index (χ1n) is 8.30. The zero-order valence-corrected chi connectivity index (χ0v) is 15.3. The van der Waals surface area contributed by atoms with E-state index in [1.54, 1.807) is 17.4 Å². The van der Waals surface area contributed by atoms with Crippen LogP contribution in [0.5, 0.6) is 0 Å². The first-order valence-corrected chi connectivity index (χ1v) is 9.18. The van der Waals surface area contributed by atoms with Crippen LogP contribution in [0.3, 0.4) is 0 Å². The number of rotatable bonds is 7. The van der Waals surface area contributed by atoms with E-state index in [4.69, 9.17) is 0 Å². The number of halogens is 1. The van der Waals surface area contributed by atoms with E-state index < -0.39 is 0 Å². The predicted molar refractivity (Wildman–Crippen MR) is 99.1 cm³/mol. The Kier molecular flexibility index (Phi) is 7.18. The summed E-state index contributed by atoms with van der Waals surface area (Å²) in [7, 11) is 0. The second kappa shape index (κ2) is 9.37. The third-order valence-electron chi connectivity index (χ3n) is 3.45. The van der Waals surface area contributed by atoms with Crippen molar-refractivity contribution in [3.05, 3.63) is 51.7 Å². The molecule has 0 atom stereocenters. The first kappa shape index (κ1) is 18.4. The van der Waals surface area contributed by atoms with E-state index in [0.29, 0.717) is 31.0 Å². The van der Waals surface area contributed by atoms with Crippen LogP contribution in [-0.4, -0.2) is 24.0 Å². The summed E-state index contributed by atoms with van der Waals surface area (Å²) < 4.78 is 13.6. The normalized spacial score (nSPS) is 11.8. The lowest BCUT2D eigenvalue weighted by atomic mass is 10.1. The molecule has 0 fully saturated rings. The highest BCUT2D eigenvalue weighted by Gasteiger charge is 2.06. The van der Waals surface area contributed by atoms with Gasteiger partial charge >= 0.3 is 0 Å². The molecule has 0 saturated heterocycles. The van der Waals surface area contributed by atoms with Gasteiger partial charge in [-0.25, -0.2) is 14.4 Å². The number of nitrogens with zero attached hydrogens (tertiary/aromatic N) is 2. The Balaban J connectivity index is 1.89. The summed E-state index contributed by atoms with van der Waals surface area (Å²) in [6.45, 7) is 8.24. The van der Waals surface area contributed by atoms with E-state index in [1.807, 2.05) is 19.1 Å². The van der Waals surface area contributed by atoms with E-state index in [1.165, 1.54) is 6.07 Å². The summed E-state index contributed by atoms with van der Waals surface area (Å²) in [4.78, 5) is 9.14. The maximum Gasteiger partial charge on any atom is 0.191 e. The minimum Gasteiger partial charge on any atom is -0.357 e. The SMILES string of the molecule is CCNC(=NCc1csc(C(C)C)n1)NCCc1ccccc1F. The number of hydrogen-bond acceptors (Lipinski definition) is 3. The molecule has 0 radical (unpaired) electrons. The highest BCUT2D eigenvalue weighted by Crippen LogP contribution is 2.19. The lowest BCUT2D eigenvalue weighted by molar-refractivity contribution is 0.606. The lowest BCUT2D eigenvalue weighted by Gasteiger charge is -2.11. The molecule has 6 heteroatoms. The van der Waals surface area contributed by atoms with Gasteiger partial charge in [0.2, 0.25) is 0 Å². The Bertz CT molecular complexity index is 667. The monoisotopic (exact) mass is 348 g/mol. The van der Waals surface area contributed by atoms with E-state index in [-0.39, 0.29) is 5.82 Å². The zero-order chi connectivity index (χ0) is 17.4. The smallest absolute Gasteiger partial charge is 0.191 e. The molecule has 1 aromatic heterocycles. The van der Waals surface area contributed by atoms with Gasteiger partial charge in [-0.05, 0) is 25.0 Å². The molecule has 2 aromatic rings. The van der Waals surface area contributed by atoms with Crippen LogP contribution in [0.25, 0.3) is 0 Å². The van der Waals surface area contributed by atoms with Gasteiger partial charge in [-0.3, -0.25) is 0 Å². The van der Waals surface area contributed by atoms with Crippen LogP contribution in [0.1, 0.15) is 43.0 Å². The van der Waals surface area contributed by atoms with Crippen molar-refractivity contribution >= 4 is 17.3 Å². The van der Waals surface area contributed by atoms with Gasteiger partial charge in [0.1, 0.15) is 5.82 Å². The maximum absolute atomic E-state index is 13.6. The summed E-state index contributed by atoms with van der Waals surface area (Å²) in [5.41, 5.74) is 1.69. The van der Waals surface area contributed by atoms with Crippen LogP contribution >= 0.6 is 11.3 Å². The van der Waals surface area contributed by atoms with Gasteiger partial charge in [-0.1, -0.05) is 32.0 Å².